The highest BCUT2D eigenvalue weighted by Gasteiger charge is 2.42. The zero-order valence-electron chi connectivity index (χ0n) is 12.3. The number of carbonyl (C=O) groups excluding carboxylic acids is 1. The van der Waals surface area contributed by atoms with Crippen LogP contribution in [0.1, 0.15) is 33.6 Å². The Morgan fingerprint density at radius 2 is 2.25 bits per heavy atom. The van der Waals surface area contributed by atoms with Crippen molar-refractivity contribution in [2.45, 2.75) is 44.3 Å². The monoisotopic (exact) mass is 297 g/mol. The third kappa shape index (κ3) is 3.76. The maximum absolute atomic E-state index is 11.8. The first-order valence-electron chi connectivity index (χ1n) is 6.91. The van der Waals surface area contributed by atoms with Gasteiger partial charge in [0.05, 0.1) is 12.4 Å². The Morgan fingerprint density at radius 1 is 1.55 bits per heavy atom. The second kappa shape index (κ2) is 5.77. The summed E-state index contributed by atoms with van der Waals surface area (Å²) in [5.74, 6) is 0.354. The van der Waals surface area contributed by atoms with Crippen LogP contribution in [-0.4, -0.2) is 39.5 Å². The van der Waals surface area contributed by atoms with Crippen LogP contribution >= 0.6 is 11.8 Å². The number of hydrogen-bond acceptors (Lipinski definition) is 4. The molecule has 0 spiro atoms. The van der Waals surface area contributed by atoms with E-state index in [0.29, 0.717) is 12.3 Å². The van der Waals surface area contributed by atoms with Gasteiger partial charge in [0.2, 0.25) is 5.91 Å². The first-order chi connectivity index (χ1) is 9.36. The summed E-state index contributed by atoms with van der Waals surface area (Å²) in [5, 5.41) is 13.0. The van der Waals surface area contributed by atoms with Gasteiger partial charge in [-0.1, -0.05) is 11.8 Å². The lowest BCUT2D eigenvalue weighted by atomic mass is 10.1. The van der Waals surface area contributed by atoms with E-state index in [4.69, 9.17) is 0 Å². The number of carbonyl (C=O) groups is 1. The molecule has 20 heavy (non-hydrogen) atoms. The summed E-state index contributed by atoms with van der Waals surface area (Å²) in [7, 11) is 0. The molecule has 1 heterocycles. The normalized spacial score (nSPS) is 17.0. The van der Waals surface area contributed by atoms with E-state index in [2.05, 4.69) is 35.6 Å². The van der Waals surface area contributed by atoms with Crippen molar-refractivity contribution >= 4 is 17.7 Å². The largest absolute Gasteiger partial charge is 0.396 e. The molecule has 1 saturated carbocycles. The zero-order chi connectivity index (χ0) is 14.8. The molecule has 0 atom stereocenters. The first kappa shape index (κ1) is 15.4. The van der Waals surface area contributed by atoms with Crippen LogP contribution in [0.2, 0.25) is 0 Å². The van der Waals surface area contributed by atoms with Gasteiger partial charge in [0.15, 0.2) is 5.16 Å². The smallest absolute Gasteiger partial charge is 0.230 e. The summed E-state index contributed by atoms with van der Waals surface area (Å²) in [6.07, 6.45) is 5.71. The molecular formula is C14H23N3O2S. The van der Waals surface area contributed by atoms with E-state index in [1.165, 1.54) is 11.8 Å². The molecule has 112 valence electrons. The second-order valence-electron chi connectivity index (χ2n) is 6.47. The van der Waals surface area contributed by atoms with Crippen LogP contribution in [0.3, 0.4) is 0 Å². The predicted molar refractivity (Wildman–Crippen MR) is 79.7 cm³/mol. The van der Waals surface area contributed by atoms with Crippen LogP contribution in [0.5, 0.6) is 0 Å². The molecule has 0 radical (unpaired) electrons. The Labute approximate surface area is 124 Å². The van der Waals surface area contributed by atoms with Gasteiger partial charge in [-0.3, -0.25) is 4.79 Å². The third-order valence-electron chi connectivity index (χ3n) is 3.61. The van der Waals surface area contributed by atoms with Crippen LogP contribution in [-0.2, 0) is 10.3 Å². The fraction of sp³-hybridized carbons (Fsp3) is 0.714. The average molecular weight is 297 g/mol. The fourth-order valence-corrected chi connectivity index (χ4v) is 2.91. The minimum absolute atomic E-state index is 0.00168. The lowest BCUT2D eigenvalue weighted by Gasteiger charge is -2.22. The van der Waals surface area contributed by atoms with Gasteiger partial charge in [0, 0.05) is 29.9 Å². The van der Waals surface area contributed by atoms with Crippen molar-refractivity contribution in [2.75, 3.05) is 18.9 Å². The maximum Gasteiger partial charge on any atom is 0.230 e. The molecule has 2 rings (SSSR count). The Morgan fingerprint density at radius 3 is 2.80 bits per heavy atom. The van der Waals surface area contributed by atoms with Gasteiger partial charge in [-0.2, -0.15) is 0 Å². The molecule has 0 aromatic carbocycles. The Balaban J connectivity index is 1.80. The van der Waals surface area contributed by atoms with E-state index in [1.54, 1.807) is 6.20 Å². The van der Waals surface area contributed by atoms with Crippen molar-refractivity contribution < 1.29 is 9.90 Å². The minimum Gasteiger partial charge on any atom is -0.396 e. The number of nitrogens with one attached hydrogen (secondary N) is 1. The van der Waals surface area contributed by atoms with Gasteiger partial charge in [-0.25, -0.2) is 4.98 Å². The molecular weight excluding hydrogens is 274 g/mol. The number of aliphatic hydroxyl groups is 1. The molecule has 1 aliphatic rings. The van der Waals surface area contributed by atoms with Crippen molar-refractivity contribution in [3.8, 4) is 0 Å². The first-order valence-corrected chi connectivity index (χ1v) is 7.89. The van der Waals surface area contributed by atoms with E-state index in [9.17, 15) is 9.90 Å². The molecule has 5 nitrogen and oxygen atoms in total. The van der Waals surface area contributed by atoms with Crippen LogP contribution in [0.25, 0.3) is 0 Å². The molecule has 1 fully saturated rings. The zero-order valence-corrected chi connectivity index (χ0v) is 13.2. The lowest BCUT2D eigenvalue weighted by Crippen LogP contribution is -2.33. The van der Waals surface area contributed by atoms with Crippen LogP contribution < -0.4 is 5.32 Å². The topological polar surface area (TPSA) is 67.2 Å². The highest BCUT2D eigenvalue weighted by atomic mass is 32.2. The molecule has 2 N–H and O–H groups in total. The highest BCUT2D eigenvalue weighted by Crippen LogP contribution is 2.44. The molecule has 0 bridgehead atoms. The quantitative estimate of drug-likeness (QED) is 0.783. The van der Waals surface area contributed by atoms with E-state index < -0.39 is 0 Å². The van der Waals surface area contributed by atoms with Crippen molar-refractivity contribution in [3.63, 3.8) is 0 Å². The van der Waals surface area contributed by atoms with Gasteiger partial charge >= 0.3 is 0 Å². The molecule has 1 amide bonds. The van der Waals surface area contributed by atoms with Gasteiger partial charge in [0.25, 0.3) is 0 Å². The summed E-state index contributed by atoms with van der Waals surface area (Å²) < 4.78 is 2.07. The summed E-state index contributed by atoms with van der Waals surface area (Å²) in [6.45, 7) is 7.07. The SMILES string of the molecule is CC(C)(C)n1ccnc1SCC(=O)NCC1(CO)CC1. The highest BCUT2D eigenvalue weighted by molar-refractivity contribution is 7.99. The van der Waals surface area contributed by atoms with E-state index in [1.807, 2.05) is 6.20 Å². The van der Waals surface area contributed by atoms with Crippen LogP contribution in [0.15, 0.2) is 17.6 Å². The van der Waals surface area contributed by atoms with E-state index in [0.717, 1.165) is 18.0 Å². The predicted octanol–water partition coefficient (Wildman–Crippen LogP) is 1.62. The molecule has 6 heteroatoms. The van der Waals surface area contributed by atoms with Gasteiger partial charge in [-0.15, -0.1) is 0 Å². The maximum atomic E-state index is 11.8. The number of aromatic nitrogens is 2. The van der Waals surface area contributed by atoms with Gasteiger partial charge in [0.1, 0.15) is 0 Å². The lowest BCUT2D eigenvalue weighted by molar-refractivity contribution is -0.118. The Bertz CT molecular complexity index is 475. The van der Waals surface area contributed by atoms with E-state index in [-0.39, 0.29) is 23.5 Å². The van der Waals surface area contributed by atoms with Gasteiger partial charge in [-0.05, 0) is 33.6 Å². The molecule has 1 aromatic heterocycles. The number of nitrogens with zero attached hydrogens (tertiary/aromatic N) is 2. The van der Waals surface area contributed by atoms with Gasteiger partial charge < -0.3 is 15.0 Å². The second-order valence-corrected chi connectivity index (χ2v) is 7.42. The van der Waals surface area contributed by atoms with Crippen molar-refractivity contribution in [1.82, 2.24) is 14.9 Å². The number of imidazole rings is 1. The molecule has 1 aliphatic carbocycles. The number of thioether (sulfide) groups is 1. The van der Waals surface area contributed by atoms with Crippen LogP contribution in [0.4, 0.5) is 0 Å². The summed E-state index contributed by atoms with van der Waals surface area (Å²) in [5.41, 5.74) is -0.0749. The summed E-state index contributed by atoms with van der Waals surface area (Å²) >= 11 is 1.44. The molecule has 0 saturated heterocycles. The number of aliphatic hydroxyl groups excluding tert-OH is 1. The van der Waals surface area contributed by atoms with E-state index >= 15 is 0 Å². The molecule has 0 aliphatic heterocycles. The van der Waals surface area contributed by atoms with Crippen LogP contribution in [0, 0.1) is 5.41 Å². The molecule has 0 unspecified atom stereocenters. The minimum atomic E-state index is -0.0375. The average Bonchev–Trinajstić information content (AvgIpc) is 3.00. The Hall–Kier alpha value is -1.01. The third-order valence-corrected chi connectivity index (χ3v) is 4.58. The number of hydrogen-bond donors (Lipinski definition) is 2. The standard InChI is InChI=1S/C14H23N3O2S/c1-13(2,3)17-7-6-15-12(17)20-8-11(19)16-9-14(10-18)4-5-14/h6-7,18H,4-5,8-10H2,1-3H3,(H,16,19). The fourth-order valence-electron chi connectivity index (χ4n) is 1.94. The van der Waals surface area contributed by atoms with Crippen molar-refractivity contribution in [2.24, 2.45) is 5.41 Å². The van der Waals surface area contributed by atoms with Crippen molar-refractivity contribution in [3.05, 3.63) is 12.4 Å². The Kier molecular flexibility index (Phi) is 4.44. The van der Waals surface area contributed by atoms with Crippen molar-refractivity contribution in [1.29, 1.82) is 0 Å². The number of rotatable bonds is 6. The molecule has 1 aromatic rings. The summed E-state index contributed by atoms with van der Waals surface area (Å²) in [6, 6.07) is 0. The summed E-state index contributed by atoms with van der Waals surface area (Å²) in [4.78, 5) is 16.1. The number of amides is 1.